The lowest BCUT2D eigenvalue weighted by Crippen LogP contribution is -2.36. The Kier molecular flexibility index (Phi) is 6.48. The lowest BCUT2D eigenvalue weighted by atomic mass is 10.2. The molecular formula is C21H26N6O4. The normalized spacial score (nSPS) is 13.9. The van der Waals surface area contributed by atoms with Gasteiger partial charge in [-0.15, -0.1) is 0 Å². The van der Waals surface area contributed by atoms with E-state index in [0.717, 1.165) is 35.7 Å². The Morgan fingerprint density at radius 3 is 2.68 bits per heavy atom. The predicted molar refractivity (Wildman–Crippen MR) is 116 cm³/mol. The summed E-state index contributed by atoms with van der Waals surface area (Å²) >= 11 is 0. The first-order valence-electron chi connectivity index (χ1n) is 10.1. The molecule has 3 aromatic rings. The maximum atomic E-state index is 12.1. The largest absolute Gasteiger partial charge is 0.443 e. The minimum absolute atomic E-state index is 0.182. The number of nitrogens with one attached hydrogen (secondary N) is 2. The van der Waals surface area contributed by atoms with E-state index in [1.165, 1.54) is 0 Å². The van der Waals surface area contributed by atoms with Gasteiger partial charge in [0.25, 0.3) is 0 Å². The van der Waals surface area contributed by atoms with Crippen LogP contribution in [0.1, 0.15) is 11.4 Å². The number of rotatable bonds is 7. The van der Waals surface area contributed by atoms with E-state index in [4.69, 9.17) is 19.2 Å². The SMILES string of the molecule is COCc1nc2c(N3CCOCC3)cc(NNC(=O)OCc3ccccc3)nc2n1C. The maximum absolute atomic E-state index is 12.1. The van der Waals surface area contributed by atoms with Crippen LogP contribution in [0.25, 0.3) is 11.2 Å². The van der Waals surface area contributed by atoms with E-state index in [0.29, 0.717) is 31.3 Å². The van der Waals surface area contributed by atoms with E-state index >= 15 is 0 Å². The first-order valence-corrected chi connectivity index (χ1v) is 10.1. The number of aryl methyl sites for hydroxylation is 1. The molecule has 1 amide bonds. The van der Waals surface area contributed by atoms with Crippen molar-refractivity contribution in [3.63, 3.8) is 0 Å². The summed E-state index contributed by atoms with van der Waals surface area (Å²) in [6.07, 6.45) is -0.594. The Morgan fingerprint density at radius 1 is 1.16 bits per heavy atom. The molecule has 1 aromatic carbocycles. The van der Waals surface area contributed by atoms with Crippen LogP contribution >= 0.6 is 0 Å². The van der Waals surface area contributed by atoms with Gasteiger partial charge in [-0.05, 0) is 5.56 Å². The third kappa shape index (κ3) is 4.86. The van der Waals surface area contributed by atoms with Crippen molar-refractivity contribution in [2.45, 2.75) is 13.2 Å². The van der Waals surface area contributed by atoms with Crippen LogP contribution in [-0.4, -0.2) is 54.0 Å². The monoisotopic (exact) mass is 426 g/mol. The van der Waals surface area contributed by atoms with E-state index in [9.17, 15) is 4.79 Å². The van der Waals surface area contributed by atoms with Gasteiger partial charge in [0, 0.05) is 33.3 Å². The van der Waals surface area contributed by atoms with Gasteiger partial charge < -0.3 is 23.7 Å². The molecule has 0 unspecified atom stereocenters. The number of nitrogens with zero attached hydrogens (tertiary/aromatic N) is 4. The smallest absolute Gasteiger partial charge is 0.426 e. The number of hydrogen-bond acceptors (Lipinski definition) is 8. The molecule has 0 radical (unpaired) electrons. The van der Waals surface area contributed by atoms with Gasteiger partial charge in [-0.25, -0.2) is 20.2 Å². The summed E-state index contributed by atoms with van der Waals surface area (Å²) in [6.45, 7) is 3.36. The standard InChI is InChI=1S/C21H26N6O4/c1-26-18(14-29-2)23-19-16(27-8-10-30-11-9-27)12-17(22-20(19)26)24-25-21(28)31-13-15-6-4-3-5-7-15/h3-7,12H,8-11,13-14H2,1-2H3,(H,22,24)(H,25,28). The topological polar surface area (TPSA) is 103 Å². The molecule has 1 aliphatic rings. The molecule has 10 nitrogen and oxygen atoms in total. The van der Waals surface area contributed by atoms with Crippen LogP contribution in [0.4, 0.5) is 16.3 Å². The zero-order chi connectivity index (χ0) is 21.6. The molecule has 2 aromatic heterocycles. The molecule has 10 heteroatoms. The fourth-order valence-electron chi connectivity index (χ4n) is 3.42. The van der Waals surface area contributed by atoms with E-state index in [-0.39, 0.29) is 6.61 Å². The molecule has 1 aliphatic heterocycles. The van der Waals surface area contributed by atoms with Gasteiger partial charge in [0.2, 0.25) is 0 Å². The van der Waals surface area contributed by atoms with E-state index < -0.39 is 6.09 Å². The Bertz CT molecular complexity index is 1030. The predicted octanol–water partition coefficient (Wildman–Crippen LogP) is 2.20. The highest BCUT2D eigenvalue weighted by molar-refractivity contribution is 5.89. The van der Waals surface area contributed by atoms with Gasteiger partial charge in [0.1, 0.15) is 30.4 Å². The van der Waals surface area contributed by atoms with Crippen molar-refractivity contribution in [2.24, 2.45) is 7.05 Å². The third-order valence-electron chi connectivity index (χ3n) is 5.03. The molecule has 0 saturated carbocycles. The van der Waals surface area contributed by atoms with Crippen molar-refractivity contribution in [3.05, 3.63) is 47.8 Å². The first kappa shape index (κ1) is 20.9. The summed E-state index contributed by atoms with van der Waals surface area (Å²) in [5, 5.41) is 0. The molecule has 3 heterocycles. The average Bonchev–Trinajstić information content (AvgIpc) is 3.12. The van der Waals surface area contributed by atoms with Crippen molar-refractivity contribution in [2.75, 3.05) is 43.7 Å². The minimum Gasteiger partial charge on any atom is -0.443 e. The summed E-state index contributed by atoms with van der Waals surface area (Å²) in [5.74, 6) is 1.25. The number of amides is 1. The van der Waals surface area contributed by atoms with Gasteiger partial charge in [-0.2, -0.15) is 0 Å². The van der Waals surface area contributed by atoms with Crippen LogP contribution in [0.15, 0.2) is 36.4 Å². The van der Waals surface area contributed by atoms with Crippen molar-refractivity contribution < 1.29 is 19.0 Å². The molecule has 31 heavy (non-hydrogen) atoms. The number of imidazole rings is 1. The maximum Gasteiger partial charge on any atom is 0.426 e. The minimum atomic E-state index is -0.594. The molecular weight excluding hydrogens is 400 g/mol. The number of morpholine rings is 1. The van der Waals surface area contributed by atoms with Crippen molar-refractivity contribution >= 4 is 28.8 Å². The van der Waals surface area contributed by atoms with Crippen LogP contribution in [-0.2, 0) is 34.5 Å². The highest BCUT2D eigenvalue weighted by Crippen LogP contribution is 2.29. The Hall–Kier alpha value is -3.37. The third-order valence-corrected chi connectivity index (χ3v) is 5.03. The molecule has 2 N–H and O–H groups in total. The van der Waals surface area contributed by atoms with Crippen LogP contribution in [0.3, 0.4) is 0 Å². The van der Waals surface area contributed by atoms with Gasteiger partial charge in [-0.1, -0.05) is 30.3 Å². The number of carbonyl (C=O) groups excluding carboxylic acids is 1. The highest BCUT2D eigenvalue weighted by atomic mass is 16.6. The number of carbonyl (C=O) groups is 1. The second-order valence-electron chi connectivity index (χ2n) is 7.13. The number of pyridine rings is 1. The van der Waals surface area contributed by atoms with Crippen LogP contribution in [0.2, 0.25) is 0 Å². The fourth-order valence-corrected chi connectivity index (χ4v) is 3.42. The summed E-state index contributed by atoms with van der Waals surface area (Å²) in [7, 11) is 3.53. The second-order valence-corrected chi connectivity index (χ2v) is 7.13. The lowest BCUT2D eigenvalue weighted by molar-refractivity contribution is 0.123. The second kappa shape index (κ2) is 9.63. The summed E-state index contributed by atoms with van der Waals surface area (Å²) in [5.41, 5.74) is 8.71. The van der Waals surface area contributed by atoms with Crippen molar-refractivity contribution in [3.8, 4) is 0 Å². The van der Waals surface area contributed by atoms with Gasteiger partial charge in [-0.3, -0.25) is 5.43 Å². The Labute approximate surface area is 180 Å². The first-order chi connectivity index (χ1) is 15.2. The fraction of sp³-hybridized carbons (Fsp3) is 0.381. The van der Waals surface area contributed by atoms with Crippen LogP contribution in [0, 0.1) is 0 Å². The van der Waals surface area contributed by atoms with Gasteiger partial charge >= 0.3 is 6.09 Å². The molecule has 0 aliphatic carbocycles. The zero-order valence-electron chi connectivity index (χ0n) is 17.6. The molecule has 0 bridgehead atoms. The molecule has 0 spiro atoms. The number of aromatic nitrogens is 3. The van der Waals surface area contributed by atoms with E-state index in [2.05, 4.69) is 20.7 Å². The molecule has 4 rings (SSSR count). The number of methoxy groups -OCH3 is 1. The van der Waals surface area contributed by atoms with Gasteiger partial charge in [0.05, 0.1) is 18.9 Å². The molecule has 0 atom stereocenters. The van der Waals surface area contributed by atoms with Crippen LogP contribution < -0.4 is 15.8 Å². The number of ether oxygens (including phenoxy) is 3. The van der Waals surface area contributed by atoms with Crippen LogP contribution in [0.5, 0.6) is 0 Å². The van der Waals surface area contributed by atoms with Crippen molar-refractivity contribution in [1.82, 2.24) is 20.0 Å². The number of fused-ring (bicyclic) bond motifs is 1. The quantitative estimate of drug-likeness (QED) is 0.555. The van der Waals surface area contributed by atoms with Gasteiger partial charge in [0.15, 0.2) is 5.65 Å². The summed E-state index contributed by atoms with van der Waals surface area (Å²) in [4.78, 5) is 23.7. The van der Waals surface area contributed by atoms with E-state index in [1.54, 1.807) is 7.11 Å². The average molecular weight is 426 g/mol. The molecule has 164 valence electrons. The number of anilines is 2. The van der Waals surface area contributed by atoms with E-state index in [1.807, 2.05) is 48.0 Å². The molecule has 1 saturated heterocycles. The Balaban J connectivity index is 1.52. The Morgan fingerprint density at radius 2 is 1.94 bits per heavy atom. The number of hydrogen-bond donors (Lipinski definition) is 2. The lowest BCUT2D eigenvalue weighted by Gasteiger charge is -2.29. The zero-order valence-corrected chi connectivity index (χ0v) is 17.6. The summed E-state index contributed by atoms with van der Waals surface area (Å²) < 4.78 is 17.9. The highest BCUT2D eigenvalue weighted by Gasteiger charge is 2.20. The van der Waals surface area contributed by atoms with Crippen molar-refractivity contribution in [1.29, 1.82) is 0 Å². The summed E-state index contributed by atoms with van der Waals surface area (Å²) in [6, 6.07) is 11.4. The number of hydrazine groups is 1. The number of benzene rings is 1. The molecule has 1 fully saturated rings.